The molecule has 2 atom stereocenters. The molecule has 2 unspecified atom stereocenters. The number of nitrogens with zero attached hydrogens (tertiary/aromatic N) is 1. The molecule has 0 bridgehead atoms. The quantitative estimate of drug-likeness (QED) is 0.406. The van der Waals surface area contributed by atoms with E-state index in [1.807, 2.05) is 36.4 Å². The number of nitrogens with two attached hydrogens (primary N) is 1. The molecule has 2 rings (SSSR count). The summed E-state index contributed by atoms with van der Waals surface area (Å²) >= 11 is 0. The van der Waals surface area contributed by atoms with Crippen LogP contribution in [0.2, 0.25) is 0 Å². The van der Waals surface area contributed by atoms with Gasteiger partial charge in [0.25, 0.3) is 5.91 Å². The Morgan fingerprint density at radius 3 is 2.03 bits per heavy atom. The molecule has 2 aromatic carbocycles. The van der Waals surface area contributed by atoms with E-state index in [0.717, 1.165) is 18.4 Å². The van der Waals surface area contributed by atoms with Gasteiger partial charge in [-0.25, -0.2) is 0 Å². The summed E-state index contributed by atoms with van der Waals surface area (Å²) in [7, 11) is 0. The van der Waals surface area contributed by atoms with Gasteiger partial charge in [0.2, 0.25) is 6.29 Å². The zero-order valence-electron chi connectivity index (χ0n) is 19.1. The maximum absolute atomic E-state index is 12.6. The lowest BCUT2D eigenvalue weighted by Crippen LogP contribution is -2.51. The lowest BCUT2D eigenvalue weighted by molar-refractivity contribution is -0.140. The van der Waals surface area contributed by atoms with Crippen LogP contribution in [0.5, 0.6) is 0 Å². The number of benzene rings is 2. The van der Waals surface area contributed by atoms with Gasteiger partial charge in [0, 0.05) is 31.7 Å². The number of amides is 1. The van der Waals surface area contributed by atoms with Crippen LogP contribution in [0, 0.1) is 5.41 Å². The smallest absolute Gasteiger partial charge is 0.286 e. The molecule has 0 fully saturated rings. The van der Waals surface area contributed by atoms with Crippen LogP contribution in [0.4, 0.5) is 0 Å². The van der Waals surface area contributed by atoms with E-state index in [2.05, 4.69) is 50.4 Å². The Hall–Kier alpha value is -2.50. The third-order valence-corrected chi connectivity index (χ3v) is 5.49. The van der Waals surface area contributed by atoms with Gasteiger partial charge in [0.05, 0.1) is 0 Å². The molecule has 0 aliphatic rings. The number of hydrogen-bond donors (Lipinski definition) is 2. The molecule has 3 N–H and O–H groups in total. The largest absolute Gasteiger partial charge is 0.332 e. The summed E-state index contributed by atoms with van der Waals surface area (Å²) in [5.74, 6) is -0.459. The average molecular weight is 424 g/mol. The summed E-state index contributed by atoms with van der Waals surface area (Å²) in [6.45, 7) is 8.05. The molecule has 5 nitrogen and oxygen atoms in total. The van der Waals surface area contributed by atoms with Gasteiger partial charge in [-0.15, -0.1) is 0 Å². The normalized spacial score (nSPS) is 13.4. The van der Waals surface area contributed by atoms with Crippen LogP contribution in [0.1, 0.15) is 38.3 Å². The molecule has 0 radical (unpaired) electrons. The van der Waals surface area contributed by atoms with Gasteiger partial charge >= 0.3 is 0 Å². The summed E-state index contributed by atoms with van der Waals surface area (Å²) in [6.07, 6.45) is 2.76. The van der Waals surface area contributed by atoms with Gasteiger partial charge in [0.1, 0.15) is 0 Å². The molecular weight excluding hydrogens is 386 g/mol. The van der Waals surface area contributed by atoms with Crippen LogP contribution in [-0.2, 0) is 22.4 Å². The van der Waals surface area contributed by atoms with Crippen molar-refractivity contribution in [1.82, 2.24) is 10.2 Å². The first-order valence-corrected chi connectivity index (χ1v) is 11.1. The van der Waals surface area contributed by atoms with Crippen molar-refractivity contribution >= 4 is 12.2 Å². The van der Waals surface area contributed by atoms with E-state index in [1.54, 1.807) is 4.90 Å². The van der Waals surface area contributed by atoms with E-state index in [4.69, 9.17) is 5.73 Å². The summed E-state index contributed by atoms with van der Waals surface area (Å²) in [6, 6.07) is 20.3. The number of aldehydes is 1. The number of hydrogen-bond acceptors (Lipinski definition) is 4. The first kappa shape index (κ1) is 24.8. The molecule has 0 aliphatic carbocycles. The number of rotatable bonds is 12. The second-order valence-corrected chi connectivity index (χ2v) is 9.33. The minimum absolute atomic E-state index is 0.0687. The second kappa shape index (κ2) is 12.4. The topological polar surface area (TPSA) is 75.4 Å². The first-order chi connectivity index (χ1) is 14.8. The Labute approximate surface area is 187 Å². The highest BCUT2D eigenvalue weighted by Gasteiger charge is 2.26. The van der Waals surface area contributed by atoms with Gasteiger partial charge in [-0.05, 0) is 35.8 Å². The fourth-order valence-corrected chi connectivity index (χ4v) is 3.62. The third-order valence-electron chi connectivity index (χ3n) is 5.49. The molecule has 0 saturated heterocycles. The molecule has 0 aromatic heterocycles. The predicted octanol–water partition coefficient (Wildman–Crippen LogP) is 3.22. The highest BCUT2D eigenvalue weighted by molar-refractivity contribution is 6.23. The Kier molecular flexibility index (Phi) is 9.89. The third kappa shape index (κ3) is 9.03. The van der Waals surface area contributed by atoms with Gasteiger partial charge in [-0.1, -0.05) is 81.4 Å². The summed E-state index contributed by atoms with van der Waals surface area (Å²) < 4.78 is 0. The molecule has 5 heteroatoms. The van der Waals surface area contributed by atoms with Crippen LogP contribution in [0.3, 0.4) is 0 Å². The van der Waals surface area contributed by atoms with Crippen molar-refractivity contribution in [2.75, 3.05) is 19.6 Å². The zero-order valence-corrected chi connectivity index (χ0v) is 19.1. The van der Waals surface area contributed by atoms with Crippen molar-refractivity contribution in [3.05, 3.63) is 71.8 Å². The maximum Gasteiger partial charge on any atom is 0.286 e. The van der Waals surface area contributed by atoms with Gasteiger partial charge in [0.15, 0.2) is 0 Å². The summed E-state index contributed by atoms with van der Waals surface area (Å²) in [4.78, 5) is 25.7. The molecule has 0 aliphatic heterocycles. The minimum atomic E-state index is -0.459. The van der Waals surface area contributed by atoms with E-state index in [0.29, 0.717) is 32.3 Å². The molecular formula is C26H37N3O2. The van der Waals surface area contributed by atoms with Crippen LogP contribution >= 0.6 is 0 Å². The SMILES string of the molecule is CC(C)(C)CCN(C(=O)C=O)C(CNC(CN)Cc1ccccc1)Cc1ccccc1. The van der Waals surface area contributed by atoms with Crippen LogP contribution < -0.4 is 11.1 Å². The van der Waals surface area contributed by atoms with E-state index >= 15 is 0 Å². The van der Waals surface area contributed by atoms with Crippen molar-refractivity contribution in [1.29, 1.82) is 0 Å². The molecule has 1 amide bonds. The van der Waals surface area contributed by atoms with Crippen LogP contribution in [0.25, 0.3) is 0 Å². The Bertz CT molecular complexity index is 787. The standard InChI is InChI=1S/C26H37N3O2/c1-26(2,3)14-15-29(25(31)20-30)24(17-22-12-8-5-9-13-22)19-28-23(18-27)16-21-10-6-4-7-11-21/h4-13,20,23-24,28H,14-19,27H2,1-3H3. The zero-order chi connectivity index (χ0) is 22.7. The Balaban J connectivity index is 2.16. The van der Waals surface area contributed by atoms with Crippen molar-refractivity contribution in [2.24, 2.45) is 11.1 Å². The molecule has 2 aromatic rings. The van der Waals surface area contributed by atoms with Gasteiger partial charge < -0.3 is 16.0 Å². The Morgan fingerprint density at radius 2 is 1.55 bits per heavy atom. The van der Waals surface area contributed by atoms with Crippen LogP contribution in [-0.4, -0.2) is 48.8 Å². The summed E-state index contributed by atoms with van der Waals surface area (Å²) in [5, 5.41) is 3.56. The fourth-order valence-electron chi connectivity index (χ4n) is 3.62. The Morgan fingerprint density at radius 1 is 1.00 bits per heavy atom. The second-order valence-electron chi connectivity index (χ2n) is 9.33. The number of carbonyl (C=O) groups excluding carboxylic acids is 2. The van der Waals surface area contributed by atoms with Gasteiger partial charge in [-0.2, -0.15) is 0 Å². The monoisotopic (exact) mass is 423 g/mol. The summed E-state index contributed by atoms with van der Waals surface area (Å²) in [5.41, 5.74) is 8.47. The number of carbonyl (C=O) groups is 2. The average Bonchev–Trinajstić information content (AvgIpc) is 2.76. The molecule has 31 heavy (non-hydrogen) atoms. The molecule has 0 heterocycles. The molecule has 168 valence electrons. The lowest BCUT2D eigenvalue weighted by atomic mass is 9.91. The highest BCUT2D eigenvalue weighted by Crippen LogP contribution is 2.20. The molecule has 0 saturated carbocycles. The van der Waals surface area contributed by atoms with Crippen molar-refractivity contribution in [3.8, 4) is 0 Å². The van der Waals surface area contributed by atoms with E-state index in [1.165, 1.54) is 5.56 Å². The van der Waals surface area contributed by atoms with E-state index in [-0.39, 0.29) is 17.5 Å². The van der Waals surface area contributed by atoms with Crippen molar-refractivity contribution in [3.63, 3.8) is 0 Å². The lowest BCUT2D eigenvalue weighted by Gasteiger charge is -2.34. The van der Waals surface area contributed by atoms with E-state index in [9.17, 15) is 9.59 Å². The maximum atomic E-state index is 12.6. The van der Waals surface area contributed by atoms with E-state index < -0.39 is 5.91 Å². The fraction of sp³-hybridized carbons (Fsp3) is 0.462. The van der Waals surface area contributed by atoms with Gasteiger partial charge in [-0.3, -0.25) is 9.59 Å². The number of nitrogens with one attached hydrogen (secondary N) is 1. The first-order valence-electron chi connectivity index (χ1n) is 11.1. The highest BCUT2D eigenvalue weighted by atomic mass is 16.2. The van der Waals surface area contributed by atoms with Crippen molar-refractivity contribution in [2.45, 2.75) is 52.1 Å². The molecule has 0 spiro atoms. The predicted molar refractivity (Wildman–Crippen MR) is 127 cm³/mol. The van der Waals surface area contributed by atoms with Crippen LogP contribution in [0.15, 0.2) is 60.7 Å². The van der Waals surface area contributed by atoms with Crippen molar-refractivity contribution < 1.29 is 9.59 Å². The minimum Gasteiger partial charge on any atom is -0.332 e.